The average Bonchev–Trinajstić information content (AvgIpc) is 2.29. The van der Waals surface area contributed by atoms with Gasteiger partial charge in [-0.15, -0.1) is 0 Å². The Morgan fingerprint density at radius 2 is 1.60 bits per heavy atom. The fraction of sp³-hybridized carbons (Fsp3) is 1.00. The molecule has 0 unspecified atom stereocenters. The van der Waals surface area contributed by atoms with Gasteiger partial charge in [0.15, 0.2) is 0 Å². The van der Waals surface area contributed by atoms with Gasteiger partial charge >= 0.3 is 0 Å². The third-order valence-electron chi connectivity index (χ3n) is 2.40. The van der Waals surface area contributed by atoms with Gasteiger partial charge < -0.3 is 25.6 Å². The number of ether oxygens (including phenoxy) is 2. The van der Waals surface area contributed by atoms with Gasteiger partial charge in [-0.2, -0.15) is 0 Å². The first-order valence-corrected chi connectivity index (χ1v) is 7.56. The summed E-state index contributed by atoms with van der Waals surface area (Å²) in [4.78, 5) is 0. The van der Waals surface area contributed by atoms with Gasteiger partial charge in [0.2, 0.25) is 0 Å². The van der Waals surface area contributed by atoms with E-state index in [-0.39, 0.29) is 0 Å². The van der Waals surface area contributed by atoms with E-state index in [9.17, 15) is 0 Å². The molecule has 0 aromatic carbocycles. The highest BCUT2D eigenvalue weighted by molar-refractivity contribution is 8.74. The molecule has 2 aliphatic heterocycles. The quantitative estimate of drug-likeness (QED) is 0.325. The zero-order chi connectivity index (χ0) is 10.6. The predicted molar refractivity (Wildman–Crippen MR) is 65.8 cm³/mol. The van der Waals surface area contributed by atoms with Crippen molar-refractivity contribution in [3.8, 4) is 0 Å². The molecule has 88 valence electrons. The zero-order valence-corrected chi connectivity index (χ0v) is 11.0. The molecular weight excluding hydrogens is 252 g/mol. The average molecular weight is 268 g/mol. The van der Waals surface area contributed by atoms with Gasteiger partial charge in [0.05, 0.1) is 50.5 Å². The van der Waals surface area contributed by atoms with Gasteiger partial charge in [-0.1, -0.05) is 0 Å². The van der Waals surface area contributed by atoms with Crippen molar-refractivity contribution in [1.29, 1.82) is 0 Å². The number of hydrogen-bond acceptors (Lipinski definition) is 6. The Hall–Kier alpha value is 0.890. The number of morpholine rings is 2. The first-order valence-electron chi connectivity index (χ1n) is 5.13. The summed E-state index contributed by atoms with van der Waals surface area (Å²) in [5.74, 6) is 0. The summed E-state index contributed by atoms with van der Waals surface area (Å²) in [5.41, 5.74) is 0. The third-order valence-corrected chi connectivity index (χ3v) is 6.24. The van der Waals surface area contributed by atoms with E-state index in [1.807, 2.05) is 0 Å². The van der Waals surface area contributed by atoms with Crippen LogP contribution in [0, 0.1) is 0 Å². The van der Waals surface area contributed by atoms with E-state index in [0.29, 0.717) is 3.29 Å². The molecule has 0 aromatic heterocycles. The minimum atomic E-state index is 0.641. The molecule has 2 aliphatic rings. The van der Waals surface area contributed by atoms with E-state index in [2.05, 4.69) is 4.31 Å². The van der Waals surface area contributed by atoms with Gasteiger partial charge in [0.1, 0.15) is 11.0 Å². The van der Waals surface area contributed by atoms with Gasteiger partial charge in [-0.05, 0) is 0 Å². The molecule has 0 aromatic rings. The summed E-state index contributed by atoms with van der Waals surface area (Å²) in [6, 6.07) is 0. The van der Waals surface area contributed by atoms with E-state index < -0.39 is 0 Å². The van der Waals surface area contributed by atoms with Crippen LogP contribution in [0.1, 0.15) is 0 Å². The van der Waals surface area contributed by atoms with Crippen LogP contribution in [0.2, 0.25) is 0 Å². The smallest absolute Gasteiger partial charge is 0.144 e. The highest BCUT2D eigenvalue weighted by Crippen LogP contribution is 2.36. The summed E-state index contributed by atoms with van der Waals surface area (Å²) in [5, 5.41) is 0. The molecule has 0 bridgehead atoms. The van der Waals surface area contributed by atoms with Gasteiger partial charge in [-0.3, -0.25) is 0 Å². The van der Waals surface area contributed by atoms with Crippen molar-refractivity contribution in [2.24, 2.45) is 0 Å². The van der Waals surface area contributed by atoms with Crippen molar-refractivity contribution in [3.05, 3.63) is 0 Å². The number of hydrogen-bond donors (Lipinski definition) is 0. The lowest BCUT2D eigenvalue weighted by Gasteiger charge is -2.44. The van der Waals surface area contributed by atoms with Gasteiger partial charge in [0, 0.05) is 13.1 Å². The fourth-order valence-electron chi connectivity index (χ4n) is 1.42. The van der Waals surface area contributed by atoms with Crippen LogP contribution < -0.4 is 0 Å². The Morgan fingerprint density at radius 1 is 1.00 bits per heavy atom. The predicted octanol–water partition coefficient (Wildman–Crippen LogP) is 0.839. The SMILES string of the molecule is [S-][N+]1(SSN2CCOCC2)CCOCC1. The molecule has 2 fully saturated rings. The van der Waals surface area contributed by atoms with E-state index >= 15 is 0 Å². The fourth-order valence-corrected chi connectivity index (χ4v) is 4.17. The molecule has 0 atom stereocenters. The topological polar surface area (TPSA) is 21.7 Å². The summed E-state index contributed by atoms with van der Waals surface area (Å²) in [6.45, 7) is 7.13. The maximum atomic E-state index is 5.56. The minimum absolute atomic E-state index is 0.641. The lowest BCUT2D eigenvalue weighted by atomic mass is 10.5. The van der Waals surface area contributed by atoms with Crippen LogP contribution in [0.4, 0.5) is 0 Å². The number of nitrogens with zero attached hydrogens (tertiary/aromatic N) is 2. The van der Waals surface area contributed by atoms with Crippen LogP contribution in [-0.2, 0) is 22.3 Å². The second-order valence-corrected chi connectivity index (χ2v) is 6.90. The van der Waals surface area contributed by atoms with E-state index in [4.69, 9.17) is 22.3 Å². The summed E-state index contributed by atoms with van der Waals surface area (Å²) < 4.78 is 13.6. The van der Waals surface area contributed by atoms with Crippen LogP contribution in [0.5, 0.6) is 0 Å². The molecule has 7 heteroatoms. The zero-order valence-electron chi connectivity index (χ0n) is 8.59. The van der Waals surface area contributed by atoms with Gasteiger partial charge in [0.25, 0.3) is 0 Å². The van der Waals surface area contributed by atoms with Crippen LogP contribution in [0.15, 0.2) is 0 Å². The Kier molecular flexibility index (Phi) is 4.94. The monoisotopic (exact) mass is 268 g/mol. The molecule has 0 aliphatic carbocycles. The minimum Gasteiger partial charge on any atom is -0.479 e. The molecule has 4 nitrogen and oxygen atoms in total. The molecule has 0 saturated carbocycles. The van der Waals surface area contributed by atoms with Crippen LogP contribution >= 0.6 is 22.0 Å². The van der Waals surface area contributed by atoms with E-state index in [1.54, 1.807) is 22.0 Å². The Bertz CT molecular complexity index is 196. The van der Waals surface area contributed by atoms with Crippen molar-refractivity contribution in [2.45, 2.75) is 0 Å². The standard InChI is InChI=1S/C8H16N2O2S3/c13-10(3-7-12-8-4-10)15-14-9-1-5-11-6-2-9/h1-8H2. The van der Waals surface area contributed by atoms with Gasteiger partial charge in [-0.25, -0.2) is 4.31 Å². The van der Waals surface area contributed by atoms with Crippen molar-refractivity contribution < 1.29 is 12.8 Å². The molecule has 0 spiro atoms. The van der Waals surface area contributed by atoms with Crippen molar-refractivity contribution >= 4 is 34.8 Å². The lowest BCUT2D eigenvalue weighted by molar-refractivity contribution is -0.660. The normalized spacial score (nSPS) is 27.8. The second kappa shape index (κ2) is 6.00. The molecule has 2 heterocycles. The molecule has 2 rings (SSSR count). The van der Waals surface area contributed by atoms with Crippen molar-refractivity contribution in [3.63, 3.8) is 0 Å². The van der Waals surface area contributed by atoms with Crippen molar-refractivity contribution in [2.75, 3.05) is 52.6 Å². The first-order chi connectivity index (χ1) is 7.29. The summed E-state index contributed by atoms with van der Waals surface area (Å²) >= 11 is 5.56. The molecule has 2 saturated heterocycles. The summed E-state index contributed by atoms with van der Waals surface area (Å²) in [6.07, 6.45) is 0. The largest absolute Gasteiger partial charge is 0.479 e. The molecule has 15 heavy (non-hydrogen) atoms. The summed E-state index contributed by atoms with van der Waals surface area (Å²) in [7, 11) is 3.55. The second-order valence-electron chi connectivity index (χ2n) is 3.56. The van der Waals surface area contributed by atoms with E-state index in [1.165, 1.54) is 0 Å². The van der Waals surface area contributed by atoms with E-state index in [0.717, 1.165) is 52.6 Å². The highest BCUT2D eigenvalue weighted by atomic mass is 33.1. The van der Waals surface area contributed by atoms with Crippen LogP contribution in [-0.4, -0.2) is 60.2 Å². The Labute approximate surface area is 104 Å². The maximum absolute atomic E-state index is 5.56. The third kappa shape index (κ3) is 3.99. The highest BCUT2D eigenvalue weighted by Gasteiger charge is 2.23. The molecule has 0 N–H and O–H groups in total. The molecular formula is C8H16N2O2S3. The van der Waals surface area contributed by atoms with Crippen LogP contribution in [0.3, 0.4) is 0 Å². The Balaban J connectivity index is 1.70. The number of quaternary nitrogens is 1. The first kappa shape index (κ1) is 12.3. The molecule has 0 radical (unpaired) electrons. The van der Waals surface area contributed by atoms with Crippen molar-refractivity contribution in [1.82, 2.24) is 4.31 Å². The number of rotatable bonds is 3. The lowest BCUT2D eigenvalue weighted by Crippen LogP contribution is -2.45. The molecule has 0 amide bonds. The maximum Gasteiger partial charge on any atom is 0.144 e. The Morgan fingerprint density at radius 3 is 2.27 bits per heavy atom. The van der Waals surface area contributed by atoms with Crippen LogP contribution in [0.25, 0.3) is 0 Å².